The summed E-state index contributed by atoms with van der Waals surface area (Å²) in [7, 11) is 0. The molecule has 0 N–H and O–H groups in total. The molecule has 0 aliphatic heterocycles. The summed E-state index contributed by atoms with van der Waals surface area (Å²) in [4.78, 5) is 11.5. The Morgan fingerprint density at radius 1 is 1.64 bits per heavy atom. The van der Waals surface area contributed by atoms with E-state index in [4.69, 9.17) is 16.9 Å². The Bertz CT molecular complexity index is 409. The molecule has 2 nitrogen and oxygen atoms in total. The Kier molecular flexibility index (Phi) is 3.68. The average molecular weight is 273 g/mol. The van der Waals surface area contributed by atoms with E-state index in [1.807, 2.05) is 6.07 Å². The Morgan fingerprint density at radius 2 is 2.29 bits per heavy atom. The first kappa shape index (κ1) is 11.2. The molecule has 4 heteroatoms. The molecule has 14 heavy (non-hydrogen) atoms. The maximum absolute atomic E-state index is 11.5. The highest BCUT2D eigenvalue weighted by molar-refractivity contribution is 9.10. The normalized spacial score (nSPS) is 11.9. The van der Waals surface area contributed by atoms with E-state index in [1.165, 1.54) is 0 Å². The molecule has 0 amide bonds. The molecule has 0 fully saturated rings. The number of Topliss-reactive ketones (excluding diaryl/α,β-unsaturated/α-hetero) is 1. The van der Waals surface area contributed by atoms with Gasteiger partial charge in [0.1, 0.15) is 0 Å². The summed E-state index contributed by atoms with van der Waals surface area (Å²) in [6.07, 6.45) is 0. The predicted molar refractivity (Wildman–Crippen MR) is 58.5 cm³/mol. The van der Waals surface area contributed by atoms with E-state index < -0.39 is 5.38 Å². The number of halogens is 2. The van der Waals surface area contributed by atoms with Gasteiger partial charge in [0.25, 0.3) is 0 Å². The molecule has 0 saturated carbocycles. The largest absolute Gasteiger partial charge is 0.292 e. The lowest BCUT2D eigenvalue weighted by Crippen LogP contribution is -2.12. The van der Waals surface area contributed by atoms with Crippen molar-refractivity contribution in [2.24, 2.45) is 0 Å². The van der Waals surface area contributed by atoms with Gasteiger partial charge in [-0.25, -0.2) is 0 Å². The molecule has 1 atom stereocenters. The van der Waals surface area contributed by atoms with Crippen molar-refractivity contribution >= 4 is 33.3 Å². The van der Waals surface area contributed by atoms with Crippen molar-refractivity contribution in [3.63, 3.8) is 0 Å². The second-order valence-electron chi connectivity index (χ2n) is 2.78. The predicted octanol–water partition coefficient (Wildman–Crippen LogP) is 3.13. The number of carbonyl (C=O) groups is 1. The van der Waals surface area contributed by atoms with Crippen LogP contribution in [0.2, 0.25) is 0 Å². The number of ketones is 1. The monoisotopic (exact) mass is 271 g/mol. The fourth-order valence-electron chi connectivity index (χ4n) is 1.04. The fraction of sp³-hybridized carbons (Fsp3) is 0.200. The molecule has 1 unspecified atom stereocenters. The van der Waals surface area contributed by atoms with Gasteiger partial charge in [0.15, 0.2) is 5.78 Å². The van der Waals surface area contributed by atoms with Crippen molar-refractivity contribution in [3.8, 4) is 6.07 Å². The van der Waals surface area contributed by atoms with Crippen LogP contribution in [0.15, 0.2) is 22.7 Å². The molecule has 1 aromatic rings. The van der Waals surface area contributed by atoms with Gasteiger partial charge in [0.2, 0.25) is 0 Å². The zero-order chi connectivity index (χ0) is 10.7. The Labute approximate surface area is 95.6 Å². The summed E-state index contributed by atoms with van der Waals surface area (Å²) in [5.74, 6) is -0.226. The van der Waals surface area contributed by atoms with Gasteiger partial charge in [-0.15, -0.1) is 11.6 Å². The molecule has 1 aromatic carbocycles. The first-order valence-corrected chi connectivity index (χ1v) is 5.17. The quantitative estimate of drug-likeness (QED) is 0.613. The van der Waals surface area contributed by atoms with Crippen LogP contribution in [0.1, 0.15) is 22.8 Å². The van der Waals surface area contributed by atoms with Crippen molar-refractivity contribution in [2.45, 2.75) is 12.3 Å². The number of alkyl halides is 1. The second-order valence-corrected chi connectivity index (χ2v) is 4.35. The van der Waals surface area contributed by atoms with E-state index in [-0.39, 0.29) is 5.78 Å². The van der Waals surface area contributed by atoms with Crippen LogP contribution in [0.5, 0.6) is 0 Å². The molecule has 0 aromatic heterocycles. The number of hydrogen-bond donors (Lipinski definition) is 0. The van der Waals surface area contributed by atoms with E-state index >= 15 is 0 Å². The van der Waals surface area contributed by atoms with Crippen molar-refractivity contribution < 1.29 is 4.79 Å². The summed E-state index contributed by atoms with van der Waals surface area (Å²) in [5.41, 5.74) is 0.718. The molecule has 0 aliphatic rings. The topological polar surface area (TPSA) is 40.9 Å². The minimum Gasteiger partial charge on any atom is -0.292 e. The highest BCUT2D eigenvalue weighted by Gasteiger charge is 2.16. The lowest BCUT2D eigenvalue weighted by Gasteiger charge is -2.04. The fourth-order valence-corrected chi connectivity index (χ4v) is 1.52. The average Bonchev–Trinajstić information content (AvgIpc) is 2.16. The minimum absolute atomic E-state index is 0.226. The van der Waals surface area contributed by atoms with E-state index in [9.17, 15) is 4.79 Å². The molecule has 0 spiro atoms. The van der Waals surface area contributed by atoms with Crippen LogP contribution in [0.25, 0.3) is 0 Å². The van der Waals surface area contributed by atoms with E-state index in [2.05, 4.69) is 15.9 Å². The highest BCUT2D eigenvalue weighted by Crippen LogP contribution is 2.18. The lowest BCUT2D eigenvalue weighted by atomic mass is 10.0. The van der Waals surface area contributed by atoms with E-state index in [0.717, 1.165) is 4.47 Å². The van der Waals surface area contributed by atoms with Gasteiger partial charge in [0, 0.05) is 10.0 Å². The van der Waals surface area contributed by atoms with Gasteiger partial charge >= 0.3 is 0 Å². The van der Waals surface area contributed by atoms with Crippen molar-refractivity contribution in [3.05, 3.63) is 33.8 Å². The maximum atomic E-state index is 11.5. The Hall–Kier alpha value is -0.850. The molecule has 0 bridgehead atoms. The van der Waals surface area contributed by atoms with Gasteiger partial charge in [-0.05, 0) is 25.1 Å². The zero-order valence-corrected chi connectivity index (χ0v) is 9.76. The summed E-state index contributed by atoms with van der Waals surface area (Å²) < 4.78 is 0.771. The molecule has 0 heterocycles. The van der Waals surface area contributed by atoms with Crippen LogP contribution >= 0.6 is 27.5 Å². The highest BCUT2D eigenvalue weighted by atomic mass is 79.9. The maximum Gasteiger partial charge on any atom is 0.181 e. The minimum atomic E-state index is -0.608. The molecule has 0 saturated heterocycles. The van der Waals surface area contributed by atoms with Crippen molar-refractivity contribution in [1.29, 1.82) is 5.26 Å². The molecular weight excluding hydrogens is 265 g/mol. The van der Waals surface area contributed by atoms with Crippen LogP contribution in [-0.4, -0.2) is 11.2 Å². The van der Waals surface area contributed by atoms with Gasteiger partial charge in [-0.1, -0.05) is 15.9 Å². The number of carbonyl (C=O) groups excluding carboxylic acids is 1. The third-order valence-corrected chi connectivity index (χ3v) is 2.42. The Morgan fingerprint density at radius 3 is 2.79 bits per heavy atom. The summed E-state index contributed by atoms with van der Waals surface area (Å²) in [5, 5.41) is 8.20. The molecule has 1 rings (SSSR count). The molecule has 72 valence electrons. The van der Waals surface area contributed by atoms with Gasteiger partial charge < -0.3 is 0 Å². The first-order valence-electron chi connectivity index (χ1n) is 3.94. The first-order chi connectivity index (χ1) is 6.56. The third kappa shape index (κ3) is 2.34. The van der Waals surface area contributed by atoms with Crippen LogP contribution in [0, 0.1) is 11.3 Å². The number of hydrogen-bond acceptors (Lipinski definition) is 2. The number of rotatable bonds is 2. The summed E-state index contributed by atoms with van der Waals surface area (Å²) in [6.45, 7) is 1.59. The van der Waals surface area contributed by atoms with Crippen LogP contribution < -0.4 is 0 Å². The Balaban J connectivity index is 3.23. The van der Waals surface area contributed by atoms with Crippen LogP contribution in [-0.2, 0) is 0 Å². The van der Waals surface area contributed by atoms with Crippen molar-refractivity contribution in [1.82, 2.24) is 0 Å². The SMILES string of the molecule is CC(Cl)C(=O)c1ccc(Br)cc1C#N. The lowest BCUT2D eigenvalue weighted by molar-refractivity contribution is 0.0991. The van der Waals surface area contributed by atoms with Crippen molar-refractivity contribution in [2.75, 3.05) is 0 Å². The number of nitriles is 1. The van der Waals surface area contributed by atoms with Gasteiger partial charge in [-0.3, -0.25) is 4.79 Å². The molecule has 0 radical (unpaired) electrons. The van der Waals surface area contributed by atoms with E-state index in [1.54, 1.807) is 25.1 Å². The molecule has 0 aliphatic carbocycles. The van der Waals surface area contributed by atoms with E-state index in [0.29, 0.717) is 11.1 Å². The van der Waals surface area contributed by atoms with Crippen LogP contribution in [0.4, 0.5) is 0 Å². The van der Waals surface area contributed by atoms with Crippen LogP contribution in [0.3, 0.4) is 0 Å². The third-order valence-electron chi connectivity index (χ3n) is 1.73. The number of benzene rings is 1. The summed E-state index contributed by atoms with van der Waals surface area (Å²) in [6, 6.07) is 6.88. The molecular formula is C10H7BrClNO. The standard InChI is InChI=1S/C10H7BrClNO/c1-6(12)10(14)9-3-2-8(11)4-7(9)5-13/h2-4,6H,1H3. The van der Waals surface area contributed by atoms with Gasteiger partial charge in [-0.2, -0.15) is 5.26 Å². The van der Waals surface area contributed by atoms with Gasteiger partial charge in [0.05, 0.1) is 17.0 Å². The summed E-state index contributed by atoms with van der Waals surface area (Å²) >= 11 is 8.89. The second kappa shape index (κ2) is 4.59. The number of nitrogens with zero attached hydrogens (tertiary/aromatic N) is 1. The zero-order valence-electron chi connectivity index (χ0n) is 7.42. The smallest absolute Gasteiger partial charge is 0.181 e.